The minimum absolute atomic E-state index is 0.0347. The maximum Gasteiger partial charge on any atom is 0.253 e. The minimum Gasteiger partial charge on any atom is -0.364 e. The largest absolute Gasteiger partial charge is 0.364 e. The topological polar surface area (TPSA) is 93.5 Å². The fourth-order valence-corrected chi connectivity index (χ4v) is 2.32. The highest BCUT2D eigenvalue weighted by molar-refractivity contribution is 5.96. The van der Waals surface area contributed by atoms with Crippen molar-refractivity contribution in [3.8, 4) is 0 Å². The molecule has 1 fully saturated rings. The summed E-state index contributed by atoms with van der Waals surface area (Å²) < 4.78 is 5.57. The average molecular weight is 291 g/mol. The molecule has 1 aliphatic heterocycles. The fourth-order valence-electron chi connectivity index (χ4n) is 2.32. The van der Waals surface area contributed by atoms with Crippen molar-refractivity contribution in [1.29, 1.82) is 0 Å². The van der Waals surface area contributed by atoms with Gasteiger partial charge in [0.05, 0.1) is 6.10 Å². The summed E-state index contributed by atoms with van der Waals surface area (Å²) in [7, 11) is 0. The number of nitrogens with two attached hydrogens (primary N) is 1. The molecule has 2 amide bonds. The Hall–Kier alpha value is -1.92. The second-order valence-electron chi connectivity index (χ2n) is 5.26. The lowest BCUT2D eigenvalue weighted by Crippen LogP contribution is -2.30. The normalized spacial score (nSPS) is 21.1. The molecule has 1 saturated heterocycles. The smallest absolute Gasteiger partial charge is 0.253 e. The predicted octanol–water partition coefficient (Wildman–Crippen LogP) is 1.40. The number of benzene rings is 1. The summed E-state index contributed by atoms with van der Waals surface area (Å²) in [6.07, 6.45) is 0.993. The van der Waals surface area contributed by atoms with Crippen molar-refractivity contribution in [3.05, 3.63) is 23.8 Å². The highest BCUT2D eigenvalue weighted by Gasteiger charge is 2.30. The average Bonchev–Trinajstić information content (AvgIpc) is 2.91. The van der Waals surface area contributed by atoms with Gasteiger partial charge in [0, 0.05) is 24.8 Å². The monoisotopic (exact) mass is 291 g/mol. The molecule has 2 rings (SSSR count). The number of rotatable bonds is 4. The summed E-state index contributed by atoms with van der Waals surface area (Å²) in [5, 5.41) is 5.55. The van der Waals surface area contributed by atoms with Gasteiger partial charge in [0.25, 0.3) is 5.91 Å². The highest BCUT2D eigenvalue weighted by Crippen LogP contribution is 2.24. The van der Waals surface area contributed by atoms with Gasteiger partial charge in [-0.1, -0.05) is 6.07 Å². The van der Waals surface area contributed by atoms with E-state index >= 15 is 0 Å². The molecule has 4 N–H and O–H groups in total. The van der Waals surface area contributed by atoms with Crippen LogP contribution >= 0.6 is 0 Å². The Bertz CT molecular complexity index is 545. The minimum atomic E-state index is -0.456. The van der Waals surface area contributed by atoms with E-state index in [4.69, 9.17) is 10.5 Å². The summed E-state index contributed by atoms with van der Waals surface area (Å²) in [6.45, 7) is 3.77. The maximum atomic E-state index is 12.2. The second-order valence-corrected chi connectivity index (χ2v) is 5.26. The molecule has 21 heavy (non-hydrogen) atoms. The number of carbonyl (C=O) groups excluding carboxylic acids is 2. The Kier molecular flexibility index (Phi) is 4.93. The van der Waals surface area contributed by atoms with Crippen LogP contribution in [0.1, 0.15) is 25.3 Å². The Morgan fingerprint density at radius 3 is 2.71 bits per heavy atom. The summed E-state index contributed by atoms with van der Waals surface area (Å²) in [5.74, 6) is -0.324. The lowest BCUT2D eigenvalue weighted by Gasteiger charge is -2.15. The number of amides is 2. The lowest BCUT2D eigenvalue weighted by molar-refractivity contribution is -0.126. The molecule has 1 aromatic rings. The van der Waals surface area contributed by atoms with Gasteiger partial charge in [-0.3, -0.25) is 9.59 Å². The van der Waals surface area contributed by atoms with Gasteiger partial charge in [-0.15, -0.1) is 0 Å². The molecule has 0 aromatic heterocycles. The van der Waals surface area contributed by atoms with E-state index in [0.717, 1.165) is 12.0 Å². The molecule has 2 atom stereocenters. The van der Waals surface area contributed by atoms with E-state index in [2.05, 4.69) is 10.6 Å². The first-order valence-electron chi connectivity index (χ1n) is 7.04. The van der Waals surface area contributed by atoms with Crippen molar-refractivity contribution in [2.45, 2.75) is 38.9 Å². The number of hydrogen-bond acceptors (Lipinski definition) is 4. The Morgan fingerprint density at radius 2 is 2.10 bits per heavy atom. The molecular weight excluding hydrogens is 270 g/mol. The van der Waals surface area contributed by atoms with Gasteiger partial charge in [0.1, 0.15) is 6.10 Å². The van der Waals surface area contributed by atoms with Crippen LogP contribution in [-0.4, -0.2) is 30.6 Å². The van der Waals surface area contributed by atoms with E-state index in [1.165, 1.54) is 6.92 Å². The summed E-state index contributed by atoms with van der Waals surface area (Å²) in [4.78, 5) is 23.3. The van der Waals surface area contributed by atoms with Crippen LogP contribution in [0.3, 0.4) is 0 Å². The van der Waals surface area contributed by atoms with Crippen LogP contribution in [0.15, 0.2) is 18.2 Å². The molecule has 1 heterocycles. The third-order valence-electron chi connectivity index (χ3n) is 3.48. The van der Waals surface area contributed by atoms with Crippen molar-refractivity contribution in [2.75, 3.05) is 17.2 Å². The van der Waals surface area contributed by atoms with Gasteiger partial charge in [0.2, 0.25) is 5.91 Å². The van der Waals surface area contributed by atoms with Gasteiger partial charge in [-0.2, -0.15) is 0 Å². The molecule has 0 unspecified atom stereocenters. The fraction of sp³-hybridized carbons (Fsp3) is 0.467. The number of ether oxygens (including phenoxy) is 1. The van der Waals surface area contributed by atoms with Crippen LogP contribution < -0.4 is 16.4 Å². The van der Waals surface area contributed by atoms with E-state index < -0.39 is 6.10 Å². The number of hydrogen-bond donors (Lipinski definition) is 3. The molecule has 1 aromatic carbocycles. The Balaban J connectivity index is 2.04. The van der Waals surface area contributed by atoms with E-state index in [0.29, 0.717) is 24.3 Å². The second kappa shape index (κ2) is 6.69. The first-order valence-corrected chi connectivity index (χ1v) is 7.04. The first kappa shape index (κ1) is 15.5. The van der Waals surface area contributed by atoms with Gasteiger partial charge in [-0.05, 0) is 37.5 Å². The molecule has 6 nitrogen and oxygen atoms in total. The zero-order valence-corrected chi connectivity index (χ0v) is 12.3. The van der Waals surface area contributed by atoms with Crippen LogP contribution in [-0.2, 0) is 14.3 Å². The number of nitrogens with one attached hydrogen (secondary N) is 2. The van der Waals surface area contributed by atoms with Crippen LogP contribution in [0.25, 0.3) is 0 Å². The van der Waals surface area contributed by atoms with Crippen molar-refractivity contribution in [1.82, 2.24) is 0 Å². The van der Waals surface area contributed by atoms with Crippen molar-refractivity contribution in [2.24, 2.45) is 5.73 Å². The van der Waals surface area contributed by atoms with Gasteiger partial charge in [-0.25, -0.2) is 0 Å². The van der Waals surface area contributed by atoms with Gasteiger partial charge >= 0.3 is 0 Å². The Labute approximate surface area is 124 Å². The molecule has 0 spiro atoms. The quantitative estimate of drug-likeness (QED) is 0.781. The van der Waals surface area contributed by atoms with Crippen LogP contribution in [0.5, 0.6) is 0 Å². The molecule has 6 heteroatoms. The summed E-state index contributed by atoms with van der Waals surface area (Å²) in [5.41, 5.74) is 7.79. The van der Waals surface area contributed by atoms with Crippen molar-refractivity contribution in [3.63, 3.8) is 0 Å². The van der Waals surface area contributed by atoms with E-state index in [1.54, 1.807) is 12.1 Å². The highest BCUT2D eigenvalue weighted by atomic mass is 16.5. The lowest BCUT2D eigenvalue weighted by atomic mass is 10.1. The van der Waals surface area contributed by atoms with Crippen molar-refractivity contribution < 1.29 is 14.3 Å². The molecular formula is C15H21N3O3. The van der Waals surface area contributed by atoms with Gasteiger partial charge in [0.15, 0.2) is 0 Å². The molecule has 0 bridgehead atoms. The number of anilines is 2. The zero-order valence-electron chi connectivity index (χ0n) is 12.3. The van der Waals surface area contributed by atoms with E-state index in [9.17, 15) is 9.59 Å². The molecule has 114 valence electrons. The standard InChI is InChI=1S/C15H21N3O3/c1-9-3-4-11(17-10(2)19)7-13(9)18-15(20)14-6-5-12(8-16)21-14/h3-4,7,12,14H,5-6,8,16H2,1-2H3,(H,17,19)(H,18,20)/t12-,14+/m1/s1. The van der Waals surface area contributed by atoms with Gasteiger partial charge < -0.3 is 21.1 Å². The third-order valence-corrected chi connectivity index (χ3v) is 3.48. The third kappa shape index (κ3) is 4.03. The summed E-state index contributed by atoms with van der Waals surface area (Å²) >= 11 is 0. The molecule has 1 aliphatic rings. The number of carbonyl (C=O) groups is 2. The molecule has 0 saturated carbocycles. The summed E-state index contributed by atoms with van der Waals surface area (Å²) in [6, 6.07) is 5.38. The van der Waals surface area contributed by atoms with E-state index in [-0.39, 0.29) is 17.9 Å². The Morgan fingerprint density at radius 1 is 1.33 bits per heavy atom. The SMILES string of the molecule is CC(=O)Nc1ccc(C)c(NC(=O)[C@@H]2CC[C@H](CN)O2)c1. The maximum absolute atomic E-state index is 12.2. The van der Waals surface area contributed by atoms with Crippen LogP contribution in [0.4, 0.5) is 11.4 Å². The number of aryl methyl sites for hydroxylation is 1. The van der Waals surface area contributed by atoms with E-state index in [1.807, 2.05) is 13.0 Å². The van der Waals surface area contributed by atoms with Crippen LogP contribution in [0, 0.1) is 6.92 Å². The van der Waals surface area contributed by atoms with Crippen LogP contribution in [0.2, 0.25) is 0 Å². The van der Waals surface area contributed by atoms with Crippen molar-refractivity contribution >= 4 is 23.2 Å². The first-order chi connectivity index (χ1) is 9.99. The predicted molar refractivity (Wildman–Crippen MR) is 81.1 cm³/mol. The molecule has 0 radical (unpaired) electrons. The zero-order chi connectivity index (χ0) is 15.4. The molecule has 0 aliphatic carbocycles.